The van der Waals surface area contributed by atoms with Crippen LogP contribution >= 0.6 is 34.2 Å². The zero-order valence-electron chi connectivity index (χ0n) is 15.9. The van der Waals surface area contributed by atoms with Gasteiger partial charge in [0.15, 0.2) is 0 Å². The van der Waals surface area contributed by atoms with E-state index in [1.165, 1.54) is 36.4 Å². The third-order valence-electron chi connectivity index (χ3n) is 4.57. The molecule has 0 fully saturated rings. The maximum absolute atomic E-state index is 13.8. The van der Waals surface area contributed by atoms with E-state index in [9.17, 15) is 22.8 Å². The van der Waals surface area contributed by atoms with E-state index in [4.69, 9.17) is 20.8 Å². The molecule has 0 unspecified atom stereocenters. The molecule has 9 heteroatoms. The standard InChI is InChI=1S/C23H11ClF3IO4/c24-16-7-3-1-5-13(16)19-20(29)15-10-9-12(11-18(15)32-21(19)23(25,26)27)31-22(30)14-6-2-4-8-17(14)28/h1-11H. The number of esters is 1. The van der Waals surface area contributed by atoms with Crippen molar-refractivity contribution in [3.8, 4) is 16.9 Å². The highest BCUT2D eigenvalue weighted by molar-refractivity contribution is 14.1. The Morgan fingerprint density at radius 1 is 1.00 bits per heavy atom. The summed E-state index contributed by atoms with van der Waals surface area (Å²) in [5, 5.41) is -0.130. The van der Waals surface area contributed by atoms with Gasteiger partial charge in [-0.3, -0.25) is 4.79 Å². The average Bonchev–Trinajstić information content (AvgIpc) is 2.74. The summed E-state index contributed by atoms with van der Waals surface area (Å²) in [6.45, 7) is 0. The molecular weight excluding hydrogens is 560 g/mol. The molecular formula is C23H11ClF3IO4. The fourth-order valence-electron chi connectivity index (χ4n) is 3.13. The molecule has 3 aromatic carbocycles. The number of carbonyl (C=O) groups is 1. The lowest BCUT2D eigenvalue weighted by molar-refractivity contribution is -0.152. The molecule has 4 nitrogen and oxygen atoms in total. The second-order valence-corrected chi connectivity index (χ2v) is 8.21. The van der Waals surface area contributed by atoms with Crippen molar-refractivity contribution >= 4 is 51.1 Å². The van der Waals surface area contributed by atoms with Crippen molar-refractivity contribution in [2.45, 2.75) is 6.18 Å². The monoisotopic (exact) mass is 570 g/mol. The second-order valence-electron chi connectivity index (χ2n) is 6.64. The molecule has 0 bridgehead atoms. The summed E-state index contributed by atoms with van der Waals surface area (Å²) >= 11 is 8.02. The van der Waals surface area contributed by atoms with Crippen LogP contribution in [-0.4, -0.2) is 5.97 Å². The SMILES string of the molecule is O=C(Oc1ccc2c(=O)c(-c3ccccc3Cl)c(C(F)(F)F)oc2c1)c1ccccc1I. The molecule has 4 rings (SSSR count). The number of hydrogen-bond acceptors (Lipinski definition) is 4. The Hall–Kier alpha value is -2.85. The maximum atomic E-state index is 13.8. The first-order chi connectivity index (χ1) is 15.2. The summed E-state index contributed by atoms with van der Waals surface area (Å²) in [5.74, 6) is -2.24. The van der Waals surface area contributed by atoms with E-state index >= 15 is 0 Å². The number of carbonyl (C=O) groups excluding carboxylic acids is 1. The fourth-order valence-corrected chi connectivity index (χ4v) is 3.97. The lowest BCUT2D eigenvalue weighted by Gasteiger charge is -2.14. The molecule has 0 saturated heterocycles. The van der Waals surface area contributed by atoms with E-state index < -0.39 is 28.9 Å². The molecule has 0 atom stereocenters. The molecule has 0 amide bonds. The van der Waals surface area contributed by atoms with Gasteiger partial charge in [0.2, 0.25) is 11.2 Å². The van der Waals surface area contributed by atoms with Crippen LogP contribution in [0.1, 0.15) is 16.1 Å². The molecule has 4 aromatic rings. The maximum Gasteiger partial charge on any atom is 0.450 e. The number of hydrogen-bond donors (Lipinski definition) is 0. The summed E-state index contributed by atoms with van der Waals surface area (Å²) in [6.07, 6.45) is -4.96. The summed E-state index contributed by atoms with van der Waals surface area (Å²) in [5.41, 5.74) is -1.75. The third kappa shape index (κ3) is 4.24. The first kappa shape index (κ1) is 22.3. The minimum absolute atomic E-state index is 0.0207. The molecule has 0 aliphatic carbocycles. The van der Waals surface area contributed by atoms with Crippen LogP contribution in [-0.2, 0) is 6.18 Å². The van der Waals surface area contributed by atoms with Gasteiger partial charge < -0.3 is 9.15 Å². The Balaban J connectivity index is 1.86. The van der Waals surface area contributed by atoms with Gasteiger partial charge in [-0.2, -0.15) is 13.2 Å². The molecule has 0 aliphatic rings. The Kier molecular flexibility index (Phi) is 6.00. The molecule has 0 aliphatic heterocycles. The molecule has 0 saturated carbocycles. The molecule has 32 heavy (non-hydrogen) atoms. The molecule has 162 valence electrons. The quantitative estimate of drug-likeness (QED) is 0.152. The van der Waals surface area contributed by atoms with Gasteiger partial charge in [-0.15, -0.1) is 0 Å². The first-order valence-corrected chi connectivity index (χ1v) is 10.5. The highest BCUT2D eigenvalue weighted by atomic mass is 127. The minimum Gasteiger partial charge on any atom is -0.450 e. The van der Waals surface area contributed by atoms with Crippen molar-refractivity contribution in [2.75, 3.05) is 0 Å². The van der Waals surface area contributed by atoms with Gasteiger partial charge in [0.05, 0.1) is 16.5 Å². The van der Waals surface area contributed by atoms with E-state index in [1.54, 1.807) is 24.3 Å². The minimum atomic E-state index is -4.96. The Bertz CT molecular complexity index is 1410. The van der Waals surface area contributed by atoms with Crippen LogP contribution in [0, 0.1) is 3.57 Å². The van der Waals surface area contributed by atoms with Crippen LogP contribution in [0.4, 0.5) is 13.2 Å². The van der Waals surface area contributed by atoms with Crippen molar-refractivity contribution < 1.29 is 27.1 Å². The van der Waals surface area contributed by atoms with Gasteiger partial charge in [0.25, 0.3) is 0 Å². The lowest BCUT2D eigenvalue weighted by Crippen LogP contribution is -2.16. The normalized spacial score (nSPS) is 11.5. The molecule has 0 spiro atoms. The van der Waals surface area contributed by atoms with E-state index in [0.29, 0.717) is 9.13 Å². The average molecular weight is 571 g/mol. The zero-order chi connectivity index (χ0) is 23.0. The molecule has 1 heterocycles. The molecule has 1 aromatic heterocycles. The highest BCUT2D eigenvalue weighted by Gasteiger charge is 2.39. The Morgan fingerprint density at radius 3 is 2.38 bits per heavy atom. The van der Waals surface area contributed by atoms with Crippen molar-refractivity contribution in [3.05, 3.63) is 96.9 Å². The first-order valence-electron chi connectivity index (χ1n) is 9.06. The Labute approximate surface area is 197 Å². The highest BCUT2D eigenvalue weighted by Crippen LogP contribution is 2.39. The van der Waals surface area contributed by atoms with Gasteiger partial charge in [0.1, 0.15) is 11.3 Å². The molecule has 0 N–H and O–H groups in total. The van der Waals surface area contributed by atoms with Gasteiger partial charge in [-0.1, -0.05) is 41.9 Å². The van der Waals surface area contributed by atoms with Crippen molar-refractivity contribution in [1.29, 1.82) is 0 Å². The smallest absolute Gasteiger partial charge is 0.450 e. The van der Waals surface area contributed by atoms with Crippen LogP contribution in [0.5, 0.6) is 5.75 Å². The van der Waals surface area contributed by atoms with E-state index in [1.807, 2.05) is 22.6 Å². The summed E-state index contributed by atoms with van der Waals surface area (Å²) in [6, 6.07) is 16.0. The van der Waals surface area contributed by atoms with Crippen molar-refractivity contribution in [1.82, 2.24) is 0 Å². The van der Waals surface area contributed by atoms with Crippen LogP contribution < -0.4 is 10.2 Å². The van der Waals surface area contributed by atoms with Crippen molar-refractivity contribution in [3.63, 3.8) is 0 Å². The van der Waals surface area contributed by atoms with Gasteiger partial charge in [-0.25, -0.2) is 4.79 Å². The van der Waals surface area contributed by atoms with E-state index in [-0.39, 0.29) is 27.3 Å². The van der Waals surface area contributed by atoms with Crippen molar-refractivity contribution in [2.24, 2.45) is 0 Å². The lowest BCUT2D eigenvalue weighted by atomic mass is 10.0. The zero-order valence-corrected chi connectivity index (χ0v) is 18.8. The topological polar surface area (TPSA) is 56.5 Å². The summed E-state index contributed by atoms with van der Waals surface area (Å²) in [4.78, 5) is 25.4. The van der Waals surface area contributed by atoms with E-state index in [0.717, 1.165) is 6.07 Å². The summed E-state index contributed by atoms with van der Waals surface area (Å²) in [7, 11) is 0. The number of benzene rings is 3. The predicted octanol–water partition coefficient (Wildman–Crippen LogP) is 6.96. The van der Waals surface area contributed by atoms with Crippen LogP contribution in [0.2, 0.25) is 5.02 Å². The Morgan fingerprint density at radius 2 is 1.69 bits per heavy atom. The van der Waals surface area contributed by atoms with Gasteiger partial charge in [-0.05, 0) is 52.9 Å². The third-order valence-corrected chi connectivity index (χ3v) is 5.84. The fraction of sp³-hybridized carbons (Fsp3) is 0.0435. The number of ether oxygens (including phenoxy) is 1. The number of alkyl halides is 3. The van der Waals surface area contributed by atoms with Crippen LogP contribution in [0.3, 0.4) is 0 Å². The number of fused-ring (bicyclic) bond motifs is 1. The van der Waals surface area contributed by atoms with E-state index in [2.05, 4.69) is 0 Å². The van der Waals surface area contributed by atoms with Crippen LogP contribution in [0.25, 0.3) is 22.1 Å². The molecule has 0 radical (unpaired) electrons. The summed E-state index contributed by atoms with van der Waals surface area (Å²) < 4.78 is 52.4. The second kappa shape index (κ2) is 8.59. The predicted molar refractivity (Wildman–Crippen MR) is 122 cm³/mol. The number of halogens is 5. The van der Waals surface area contributed by atoms with Gasteiger partial charge >= 0.3 is 12.1 Å². The van der Waals surface area contributed by atoms with Gasteiger partial charge in [0, 0.05) is 20.2 Å². The largest absolute Gasteiger partial charge is 0.450 e. The number of rotatable bonds is 3. The van der Waals surface area contributed by atoms with Crippen LogP contribution in [0.15, 0.2) is 75.9 Å².